The van der Waals surface area contributed by atoms with Crippen molar-refractivity contribution < 1.29 is 17.9 Å². The molecule has 1 N–H and O–H groups in total. The number of hydrogen-bond acceptors (Lipinski definition) is 6. The molecule has 0 aliphatic carbocycles. The van der Waals surface area contributed by atoms with Gasteiger partial charge in [-0.1, -0.05) is 11.6 Å². The third-order valence-electron chi connectivity index (χ3n) is 5.33. The van der Waals surface area contributed by atoms with Crippen LogP contribution in [0.5, 0.6) is 6.01 Å². The second-order valence-electron chi connectivity index (χ2n) is 6.96. The summed E-state index contributed by atoms with van der Waals surface area (Å²) in [4.78, 5) is 14.4. The zero-order valence-electron chi connectivity index (χ0n) is 14.5. The average molecular weight is 402 g/mol. The summed E-state index contributed by atoms with van der Waals surface area (Å²) in [6, 6.07) is -0.0615. The molecule has 0 unspecified atom stereocenters. The number of anilines is 1. The summed E-state index contributed by atoms with van der Waals surface area (Å²) in [6.45, 7) is 1.83. The van der Waals surface area contributed by atoms with Gasteiger partial charge in [-0.3, -0.25) is 4.90 Å². The Morgan fingerprint density at radius 2 is 2.00 bits per heavy atom. The van der Waals surface area contributed by atoms with E-state index in [-0.39, 0.29) is 33.4 Å². The van der Waals surface area contributed by atoms with E-state index in [1.54, 1.807) is 0 Å². The van der Waals surface area contributed by atoms with Gasteiger partial charge in [-0.05, 0) is 38.8 Å². The molecule has 27 heavy (non-hydrogen) atoms. The molecule has 2 aliphatic rings. The summed E-state index contributed by atoms with van der Waals surface area (Å²) in [5, 5.41) is 2.33. The number of nitrogens with zero attached hydrogens (tertiary/aromatic N) is 4. The van der Waals surface area contributed by atoms with Crippen LogP contribution in [-0.4, -0.2) is 58.1 Å². The van der Waals surface area contributed by atoms with Gasteiger partial charge in [0, 0.05) is 6.20 Å². The van der Waals surface area contributed by atoms with E-state index in [1.807, 2.05) is 0 Å². The average Bonchev–Trinajstić information content (AvgIpc) is 3.21. The molecule has 4 rings (SSSR count). The molecule has 6 nitrogen and oxygen atoms in total. The molecule has 2 saturated heterocycles. The van der Waals surface area contributed by atoms with Crippen LogP contribution in [0.4, 0.5) is 19.0 Å². The van der Waals surface area contributed by atoms with Gasteiger partial charge in [0.05, 0.1) is 17.5 Å². The summed E-state index contributed by atoms with van der Waals surface area (Å²) < 4.78 is 45.4. The van der Waals surface area contributed by atoms with Crippen molar-refractivity contribution in [2.24, 2.45) is 0 Å². The maximum Gasteiger partial charge on any atom is 0.319 e. The highest BCUT2D eigenvalue weighted by Gasteiger charge is 2.45. The van der Waals surface area contributed by atoms with Crippen molar-refractivity contribution in [2.75, 3.05) is 31.6 Å². The fraction of sp³-hybridized carbons (Fsp3) is 0.588. The van der Waals surface area contributed by atoms with Gasteiger partial charge in [-0.15, -0.1) is 0 Å². The smallest absolute Gasteiger partial charge is 0.319 e. The number of hydrogen-bond donors (Lipinski definition) is 1. The van der Waals surface area contributed by atoms with Gasteiger partial charge >= 0.3 is 6.01 Å². The molecule has 0 amide bonds. The largest absolute Gasteiger partial charge is 0.461 e. The first kappa shape index (κ1) is 18.5. The third-order valence-corrected chi connectivity index (χ3v) is 5.59. The molecule has 2 aromatic heterocycles. The minimum Gasteiger partial charge on any atom is -0.461 e. The molecule has 2 fully saturated rings. The van der Waals surface area contributed by atoms with E-state index in [9.17, 15) is 13.2 Å². The lowest BCUT2D eigenvalue weighted by Crippen LogP contribution is -2.43. The van der Waals surface area contributed by atoms with Crippen molar-refractivity contribution in [2.45, 2.75) is 37.6 Å². The molecule has 2 aliphatic heterocycles. The van der Waals surface area contributed by atoms with Gasteiger partial charge < -0.3 is 10.1 Å². The summed E-state index contributed by atoms with van der Waals surface area (Å²) >= 11 is 5.74. The molecule has 0 aromatic carbocycles. The molecule has 0 saturated carbocycles. The molecule has 0 bridgehead atoms. The van der Waals surface area contributed by atoms with Crippen molar-refractivity contribution in [3.8, 4) is 6.01 Å². The second-order valence-corrected chi connectivity index (χ2v) is 7.32. The van der Waals surface area contributed by atoms with E-state index in [2.05, 4.69) is 25.2 Å². The number of nitrogens with one attached hydrogen (secondary N) is 1. The van der Waals surface area contributed by atoms with Crippen LogP contribution in [0.2, 0.25) is 5.15 Å². The first-order valence-electron chi connectivity index (χ1n) is 8.90. The summed E-state index contributed by atoms with van der Waals surface area (Å²) in [7, 11) is 0. The fourth-order valence-electron chi connectivity index (χ4n) is 4.05. The van der Waals surface area contributed by atoms with Crippen LogP contribution in [0.15, 0.2) is 6.20 Å². The quantitative estimate of drug-likeness (QED) is 0.747. The van der Waals surface area contributed by atoms with Gasteiger partial charge in [-0.2, -0.15) is 9.97 Å². The van der Waals surface area contributed by atoms with Gasteiger partial charge in [0.1, 0.15) is 17.9 Å². The lowest BCUT2D eigenvalue weighted by molar-refractivity contribution is 0.108. The number of pyridine rings is 1. The van der Waals surface area contributed by atoms with Gasteiger partial charge in [0.15, 0.2) is 11.0 Å². The van der Waals surface area contributed by atoms with Gasteiger partial charge in [-0.25, -0.2) is 18.2 Å². The molecule has 0 spiro atoms. The van der Waals surface area contributed by atoms with Crippen molar-refractivity contribution >= 4 is 28.3 Å². The van der Waals surface area contributed by atoms with Gasteiger partial charge in [0.25, 0.3) is 6.43 Å². The van der Waals surface area contributed by atoms with Crippen LogP contribution < -0.4 is 10.1 Å². The summed E-state index contributed by atoms with van der Waals surface area (Å²) in [5.41, 5.74) is -0.146. The highest BCUT2D eigenvalue weighted by atomic mass is 35.5. The molecule has 4 heterocycles. The highest BCUT2D eigenvalue weighted by molar-refractivity contribution is 6.30. The SMILES string of the molecule is Fc1c(Cl)ncc2c(NCC(F)F)nc(OCC34CCCN3CCC4)nc12. The van der Waals surface area contributed by atoms with Crippen LogP contribution in [0.25, 0.3) is 10.9 Å². The normalized spacial score (nSPS) is 19.0. The molecular formula is C17H19ClF3N5O. The first-order chi connectivity index (χ1) is 13.0. The van der Waals surface area contributed by atoms with Crippen molar-refractivity contribution in [1.82, 2.24) is 19.9 Å². The first-order valence-corrected chi connectivity index (χ1v) is 9.28. The lowest BCUT2D eigenvalue weighted by atomic mass is 9.95. The van der Waals surface area contributed by atoms with Crippen molar-refractivity contribution in [3.63, 3.8) is 0 Å². The van der Waals surface area contributed by atoms with Crippen LogP contribution in [0.3, 0.4) is 0 Å². The van der Waals surface area contributed by atoms with E-state index in [0.29, 0.717) is 6.61 Å². The predicted molar refractivity (Wildman–Crippen MR) is 95.1 cm³/mol. The number of halogens is 4. The lowest BCUT2D eigenvalue weighted by Gasteiger charge is -2.31. The maximum atomic E-state index is 14.4. The Bertz CT molecular complexity index is 843. The van der Waals surface area contributed by atoms with Crippen LogP contribution in [-0.2, 0) is 0 Å². The molecule has 146 valence electrons. The highest BCUT2D eigenvalue weighted by Crippen LogP contribution is 2.39. The maximum absolute atomic E-state index is 14.4. The van der Waals surface area contributed by atoms with Crippen LogP contribution in [0, 0.1) is 5.82 Å². The number of aromatic nitrogens is 3. The van der Waals surface area contributed by atoms with Crippen LogP contribution in [0.1, 0.15) is 25.7 Å². The number of ether oxygens (including phenoxy) is 1. The van der Waals surface area contributed by atoms with Crippen molar-refractivity contribution in [1.29, 1.82) is 0 Å². The Kier molecular flexibility index (Phi) is 4.98. The zero-order chi connectivity index (χ0) is 19.0. The Balaban J connectivity index is 1.64. The van der Waals surface area contributed by atoms with E-state index in [0.717, 1.165) is 38.8 Å². The van der Waals surface area contributed by atoms with E-state index >= 15 is 0 Å². The van der Waals surface area contributed by atoms with E-state index < -0.39 is 18.8 Å². The van der Waals surface area contributed by atoms with E-state index in [4.69, 9.17) is 16.3 Å². The number of fused-ring (bicyclic) bond motifs is 2. The fourth-order valence-corrected chi connectivity index (χ4v) is 4.19. The second kappa shape index (κ2) is 7.27. The molecule has 2 aromatic rings. The molecule has 10 heteroatoms. The standard InChI is InChI=1S/C17H19ClF3N5O/c18-14-12(21)13-10(7-22-14)15(23-8-11(19)20)25-16(24-13)27-9-17-3-1-5-26(17)6-2-4-17/h7,11H,1-6,8-9H2,(H,23,24,25). The Morgan fingerprint density at radius 3 is 2.70 bits per heavy atom. The summed E-state index contributed by atoms with van der Waals surface area (Å²) in [5.74, 6) is -0.784. The summed E-state index contributed by atoms with van der Waals surface area (Å²) in [6.07, 6.45) is 2.95. The molecule has 0 atom stereocenters. The minimum absolute atomic E-state index is 0.0384. The number of alkyl halides is 2. The van der Waals surface area contributed by atoms with Crippen molar-refractivity contribution in [3.05, 3.63) is 17.2 Å². The Hall–Kier alpha value is -1.87. The van der Waals surface area contributed by atoms with E-state index in [1.165, 1.54) is 6.20 Å². The Morgan fingerprint density at radius 1 is 1.26 bits per heavy atom. The number of rotatable bonds is 6. The third kappa shape index (κ3) is 3.50. The zero-order valence-corrected chi connectivity index (χ0v) is 15.3. The predicted octanol–water partition coefficient (Wildman–Crippen LogP) is 3.50. The molecular weight excluding hydrogens is 383 g/mol. The monoisotopic (exact) mass is 401 g/mol. The minimum atomic E-state index is -2.59. The molecule has 0 radical (unpaired) electrons. The topological polar surface area (TPSA) is 63.2 Å². The van der Waals surface area contributed by atoms with Gasteiger partial charge in [0.2, 0.25) is 0 Å². The Labute approximate surface area is 159 Å². The van der Waals surface area contributed by atoms with Crippen LogP contribution >= 0.6 is 11.6 Å².